The topological polar surface area (TPSA) is 17.1 Å². The van der Waals surface area contributed by atoms with Crippen molar-refractivity contribution in [2.75, 3.05) is 0 Å². The van der Waals surface area contributed by atoms with Crippen LogP contribution >= 0.6 is 15.9 Å². The maximum atomic E-state index is 10.7. The van der Waals surface area contributed by atoms with Crippen molar-refractivity contribution in [2.24, 2.45) is 5.92 Å². The minimum atomic E-state index is 0.320. The van der Waals surface area contributed by atoms with E-state index in [9.17, 15) is 4.79 Å². The van der Waals surface area contributed by atoms with Crippen LogP contribution in [0.3, 0.4) is 0 Å². The summed E-state index contributed by atoms with van der Waals surface area (Å²) in [5, 5.41) is 0. The first-order chi connectivity index (χ1) is 7.24. The second kappa shape index (κ2) is 10.7. The van der Waals surface area contributed by atoms with Gasteiger partial charge in [-0.1, -0.05) is 55.5 Å². The minimum Gasteiger partial charge on any atom is -0.303 e. The van der Waals surface area contributed by atoms with Gasteiger partial charge < -0.3 is 4.79 Å². The molecule has 0 aromatic rings. The van der Waals surface area contributed by atoms with Crippen molar-refractivity contribution in [1.82, 2.24) is 0 Å². The number of carbonyl (C=O) groups is 1. The number of unbranched alkanes of at least 4 members (excludes halogenated alkanes) is 2. The fourth-order valence-corrected chi connectivity index (χ4v) is 2.13. The van der Waals surface area contributed by atoms with Gasteiger partial charge in [-0.2, -0.15) is 0 Å². The van der Waals surface area contributed by atoms with Gasteiger partial charge in [-0.25, -0.2) is 0 Å². The number of aldehydes is 1. The molecule has 0 aliphatic carbocycles. The largest absolute Gasteiger partial charge is 0.303 e. The van der Waals surface area contributed by atoms with Gasteiger partial charge in [-0.05, 0) is 25.7 Å². The lowest BCUT2D eigenvalue weighted by Gasteiger charge is -2.09. The van der Waals surface area contributed by atoms with Crippen LogP contribution in [0.5, 0.6) is 0 Å². The number of carbonyl (C=O) groups excluding carboxylic acids is 1. The quantitative estimate of drug-likeness (QED) is 0.320. The van der Waals surface area contributed by atoms with Crippen LogP contribution < -0.4 is 0 Å². The highest BCUT2D eigenvalue weighted by Gasteiger charge is 2.05. The normalized spacial score (nSPS) is 14.9. The molecule has 0 aliphatic heterocycles. The highest BCUT2D eigenvalue weighted by Crippen LogP contribution is 2.17. The standard InChI is InChI=1S/C13H25BrO/c1-3-8-12(11-15)9-6-5-7-10-13(14)4-2/h11-13H,3-10H2,1-2H3. The van der Waals surface area contributed by atoms with Crippen molar-refractivity contribution in [2.45, 2.75) is 70.0 Å². The molecule has 2 unspecified atom stereocenters. The predicted molar refractivity (Wildman–Crippen MR) is 70.6 cm³/mol. The number of hydrogen-bond acceptors (Lipinski definition) is 1. The fraction of sp³-hybridized carbons (Fsp3) is 0.923. The highest BCUT2D eigenvalue weighted by molar-refractivity contribution is 9.09. The SMILES string of the molecule is CCCC(C=O)CCCCCC(Br)CC. The Labute approximate surface area is 103 Å². The third-order valence-corrected chi connectivity index (χ3v) is 3.99. The van der Waals surface area contributed by atoms with Crippen LogP contribution in [-0.4, -0.2) is 11.1 Å². The van der Waals surface area contributed by atoms with E-state index in [2.05, 4.69) is 29.8 Å². The van der Waals surface area contributed by atoms with Crippen molar-refractivity contribution >= 4 is 22.2 Å². The summed E-state index contributed by atoms with van der Waals surface area (Å²) in [4.78, 5) is 11.4. The van der Waals surface area contributed by atoms with Crippen LogP contribution in [0, 0.1) is 5.92 Å². The summed E-state index contributed by atoms with van der Waals surface area (Å²) in [7, 11) is 0. The van der Waals surface area contributed by atoms with Crippen LogP contribution in [0.15, 0.2) is 0 Å². The average molecular weight is 277 g/mol. The molecule has 0 rings (SSSR count). The van der Waals surface area contributed by atoms with E-state index in [-0.39, 0.29) is 0 Å². The molecule has 90 valence electrons. The summed E-state index contributed by atoms with van der Waals surface area (Å²) in [5.41, 5.74) is 0. The average Bonchev–Trinajstić information content (AvgIpc) is 2.26. The zero-order valence-electron chi connectivity index (χ0n) is 10.2. The number of hydrogen-bond donors (Lipinski definition) is 0. The molecule has 2 heteroatoms. The lowest BCUT2D eigenvalue weighted by atomic mass is 9.97. The van der Waals surface area contributed by atoms with Crippen molar-refractivity contribution < 1.29 is 4.79 Å². The van der Waals surface area contributed by atoms with Gasteiger partial charge in [-0.15, -0.1) is 0 Å². The molecular weight excluding hydrogens is 252 g/mol. The van der Waals surface area contributed by atoms with Gasteiger partial charge in [0.1, 0.15) is 6.29 Å². The Morgan fingerprint density at radius 3 is 2.27 bits per heavy atom. The van der Waals surface area contributed by atoms with Crippen LogP contribution in [0.2, 0.25) is 0 Å². The molecule has 0 N–H and O–H groups in total. The molecule has 2 atom stereocenters. The van der Waals surface area contributed by atoms with Gasteiger partial charge in [0.05, 0.1) is 0 Å². The molecule has 0 amide bonds. The first-order valence-corrected chi connectivity index (χ1v) is 7.25. The van der Waals surface area contributed by atoms with Crippen molar-refractivity contribution in [1.29, 1.82) is 0 Å². The van der Waals surface area contributed by atoms with Crippen molar-refractivity contribution in [3.05, 3.63) is 0 Å². The third-order valence-electron chi connectivity index (χ3n) is 2.89. The van der Waals surface area contributed by atoms with Gasteiger partial charge in [0.25, 0.3) is 0 Å². The van der Waals surface area contributed by atoms with E-state index in [4.69, 9.17) is 0 Å². The molecule has 0 aromatic heterocycles. The molecular formula is C13H25BrO. The molecule has 0 bridgehead atoms. The Kier molecular flexibility index (Phi) is 10.8. The van der Waals surface area contributed by atoms with Crippen LogP contribution in [0.1, 0.15) is 65.2 Å². The van der Waals surface area contributed by atoms with E-state index in [1.807, 2.05) is 0 Å². The zero-order chi connectivity index (χ0) is 11.5. The summed E-state index contributed by atoms with van der Waals surface area (Å²) in [6, 6.07) is 0. The lowest BCUT2D eigenvalue weighted by Crippen LogP contribution is -2.01. The molecule has 1 nitrogen and oxygen atoms in total. The number of alkyl halides is 1. The van der Waals surface area contributed by atoms with E-state index in [0.717, 1.165) is 25.5 Å². The third kappa shape index (κ3) is 9.10. The van der Waals surface area contributed by atoms with E-state index in [1.54, 1.807) is 0 Å². The first-order valence-electron chi connectivity index (χ1n) is 6.33. The summed E-state index contributed by atoms with van der Waals surface area (Å²) >= 11 is 3.64. The summed E-state index contributed by atoms with van der Waals surface area (Å²) < 4.78 is 0. The van der Waals surface area contributed by atoms with Crippen molar-refractivity contribution in [3.63, 3.8) is 0 Å². The Morgan fingerprint density at radius 1 is 1.07 bits per heavy atom. The Morgan fingerprint density at radius 2 is 1.73 bits per heavy atom. The summed E-state index contributed by atoms with van der Waals surface area (Å²) in [6.45, 7) is 4.36. The van der Waals surface area contributed by atoms with E-state index in [0.29, 0.717) is 10.7 Å². The van der Waals surface area contributed by atoms with Gasteiger partial charge in [0.2, 0.25) is 0 Å². The predicted octanol–water partition coefficient (Wildman–Crippen LogP) is 4.73. The maximum absolute atomic E-state index is 10.7. The minimum absolute atomic E-state index is 0.320. The molecule has 0 aliphatic rings. The van der Waals surface area contributed by atoms with Crippen LogP contribution in [-0.2, 0) is 4.79 Å². The maximum Gasteiger partial charge on any atom is 0.123 e. The molecule has 0 aromatic carbocycles. The van der Waals surface area contributed by atoms with Crippen LogP contribution in [0.4, 0.5) is 0 Å². The number of halogens is 1. The highest BCUT2D eigenvalue weighted by atomic mass is 79.9. The van der Waals surface area contributed by atoms with Gasteiger partial charge in [0.15, 0.2) is 0 Å². The molecule has 0 saturated carbocycles. The molecule has 0 heterocycles. The number of rotatable bonds is 10. The van der Waals surface area contributed by atoms with Gasteiger partial charge in [0, 0.05) is 10.7 Å². The molecule has 0 saturated heterocycles. The molecule has 0 fully saturated rings. The van der Waals surface area contributed by atoms with Crippen molar-refractivity contribution in [3.8, 4) is 0 Å². The Balaban J connectivity index is 3.32. The summed E-state index contributed by atoms with van der Waals surface area (Å²) in [5.74, 6) is 0.320. The molecule has 0 radical (unpaired) electrons. The zero-order valence-corrected chi connectivity index (χ0v) is 11.8. The first kappa shape index (κ1) is 15.2. The second-order valence-electron chi connectivity index (χ2n) is 4.33. The Bertz CT molecular complexity index is 147. The second-order valence-corrected chi connectivity index (χ2v) is 5.62. The summed E-state index contributed by atoms with van der Waals surface area (Å²) in [6.07, 6.45) is 10.7. The lowest BCUT2D eigenvalue weighted by molar-refractivity contribution is -0.111. The Hall–Kier alpha value is 0.150. The van der Waals surface area contributed by atoms with E-state index < -0.39 is 0 Å². The smallest absolute Gasteiger partial charge is 0.123 e. The molecule has 0 spiro atoms. The van der Waals surface area contributed by atoms with Gasteiger partial charge >= 0.3 is 0 Å². The van der Waals surface area contributed by atoms with E-state index >= 15 is 0 Å². The van der Waals surface area contributed by atoms with E-state index in [1.165, 1.54) is 32.1 Å². The fourth-order valence-electron chi connectivity index (χ4n) is 1.80. The monoisotopic (exact) mass is 276 g/mol. The van der Waals surface area contributed by atoms with Crippen LogP contribution in [0.25, 0.3) is 0 Å². The molecule has 15 heavy (non-hydrogen) atoms. The van der Waals surface area contributed by atoms with Gasteiger partial charge in [-0.3, -0.25) is 0 Å².